The Balaban J connectivity index is 2.10. The Labute approximate surface area is 107 Å². The largest absolute Gasteiger partial charge is 0.294 e. The lowest BCUT2D eigenvalue weighted by molar-refractivity contribution is 0.0992. The second-order valence-corrected chi connectivity index (χ2v) is 4.57. The van der Waals surface area contributed by atoms with E-state index in [1.807, 2.05) is 24.3 Å². The Hall–Kier alpha value is -2.03. The normalized spacial score (nSPS) is 10.6. The molecule has 0 saturated carbocycles. The molecule has 0 amide bonds. The first-order valence-corrected chi connectivity index (χ1v) is 6.05. The highest BCUT2D eigenvalue weighted by Crippen LogP contribution is 2.15. The zero-order valence-corrected chi connectivity index (χ0v) is 10.6. The molecule has 0 atom stereocenters. The molecular weight excluding hydrogens is 224 g/mol. The number of rotatable bonds is 4. The van der Waals surface area contributed by atoms with Crippen LogP contribution < -0.4 is 0 Å². The smallest absolute Gasteiger partial charge is 0.168 e. The maximum atomic E-state index is 12.0. The van der Waals surface area contributed by atoms with Crippen LogP contribution in [0.2, 0.25) is 0 Å². The Bertz CT molecular complexity index is 518. The molecule has 2 rings (SSSR count). The van der Waals surface area contributed by atoms with Crippen molar-refractivity contribution in [3.05, 3.63) is 59.7 Å². The molecule has 0 radical (unpaired) electrons. The Morgan fingerprint density at radius 3 is 2.44 bits per heavy atom. The van der Waals surface area contributed by atoms with Crippen molar-refractivity contribution >= 4 is 5.78 Å². The van der Waals surface area contributed by atoms with Crippen molar-refractivity contribution in [2.24, 2.45) is 0 Å². The maximum absolute atomic E-state index is 12.0. The number of Topliss-reactive ketones (excluding diaryl/α,β-unsaturated/α-hetero) is 1. The monoisotopic (exact) mass is 240 g/mol. The molecule has 0 N–H and O–H groups in total. The molecule has 0 saturated heterocycles. The van der Waals surface area contributed by atoms with Gasteiger partial charge in [-0.15, -0.1) is 0 Å². The summed E-state index contributed by atoms with van der Waals surface area (Å²) in [4.78, 5) is 20.1. The second kappa shape index (κ2) is 5.54. The summed E-state index contributed by atoms with van der Waals surface area (Å²) >= 11 is 0. The van der Waals surface area contributed by atoms with Crippen molar-refractivity contribution < 1.29 is 4.79 Å². The molecule has 0 bridgehead atoms. The zero-order valence-electron chi connectivity index (χ0n) is 10.6. The predicted octanol–water partition coefficient (Wildman–Crippen LogP) is 3.03. The van der Waals surface area contributed by atoms with Crippen molar-refractivity contribution in [2.45, 2.75) is 26.2 Å². The Morgan fingerprint density at radius 2 is 1.89 bits per heavy atom. The quantitative estimate of drug-likeness (QED) is 0.771. The first kappa shape index (κ1) is 12.4. The van der Waals surface area contributed by atoms with E-state index < -0.39 is 0 Å². The summed E-state index contributed by atoms with van der Waals surface area (Å²) in [5.41, 5.74) is 2.67. The molecule has 0 aliphatic heterocycles. The van der Waals surface area contributed by atoms with E-state index >= 15 is 0 Å². The lowest BCUT2D eigenvalue weighted by Gasteiger charge is -2.06. The molecule has 0 aliphatic carbocycles. The van der Waals surface area contributed by atoms with Gasteiger partial charge in [-0.25, -0.2) is 0 Å². The zero-order chi connectivity index (χ0) is 13.0. The van der Waals surface area contributed by atoms with E-state index in [0.717, 1.165) is 5.56 Å². The molecule has 18 heavy (non-hydrogen) atoms. The summed E-state index contributed by atoms with van der Waals surface area (Å²) in [6.45, 7) is 4.27. The van der Waals surface area contributed by atoms with Gasteiger partial charge in [0, 0.05) is 24.2 Å². The third kappa shape index (κ3) is 3.00. The van der Waals surface area contributed by atoms with Crippen molar-refractivity contribution in [1.82, 2.24) is 9.97 Å². The lowest BCUT2D eigenvalue weighted by atomic mass is 9.99. The fourth-order valence-corrected chi connectivity index (χ4v) is 1.74. The number of carbonyl (C=O) groups excluding carboxylic acids is 1. The summed E-state index contributed by atoms with van der Waals surface area (Å²) in [6.07, 6.45) is 5.13. The van der Waals surface area contributed by atoms with Crippen molar-refractivity contribution in [3.8, 4) is 0 Å². The van der Waals surface area contributed by atoms with Gasteiger partial charge in [0.15, 0.2) is 5.78 Å². The van der Waals surface area contributed by atoms with Gasteiger partial charge in [0.1, 0.15) is 0 Å². The molecule has 0 aliphatic rings. The van der Waals surface area contributed by atoms with Crippen molar-refractivity contribution in [1.29, 1.82) is 0 Å². The first-order valence-electron chi connectivity index (χ1n) is 6.05. The number of benzene rings is 1. The van der Waals surface area contributed by atoms with Crippen LogP contribution in [-0.2, 0) is 6.42 Å². The highest BCUT2D eigenvalue weighted by molar-refractivity contribution is 5.97. The van der Waals surface area contributed by atoms with E-state index in [4.69, 9.17) is 0 Å². The van der Waals surface area contributed by atoms with E-state index in [2.05, 4.69) is 23.8 Å². The van der Waals surface area contributed by atoms with E-state index in [1.165, 1.54) is 5.56 Å². The van der Waals surface area contributed by atoms with Gasteiger partial charge in [-0.1, -0.05) is 38.1 Å². The molecule has 0 fully saturated rings. The van der Waals surface area contributed by atoms with Crippen LogP contribution in [-0.4, -0.2) is 15.8 Å². The van der Waals surface area contributed by atoms with Gasteiger partial charge in [0.2, 0.25) is 0 Å². The van der Waals surface area contributed by atoms with Crippen LogP contribution in [0.15, 0.2) is 42.9 Å². The van der Waals surface area contributed by atoms with Crippen LogP contribution in [0.3, 0.4) is 0 Å². The number of hydrogen-bond acceptors (Lipinski definition) is 3. The molecule has 92 valence electrons. The number of nitrogens with zero attached hydrogens (tertiary/aromatic N) is 2. The summed E-state index contributed by atoms with van der Waals surface area (Å²) in [6, 6.07) is 7.78. The van der Waals surface area contributed by atoms with Gasteiger partial charge in [-0.05, 0) is 11.5 Å². The second-order valence-electron chi connectivity index (χ2n) is 4.57. The van der Waals surface area contributed by atoms with Gasteiger partial charge in [0.25, 0.3) is 0 Å². The SMILES string of the molecule is CC(C)c1ccc(C(=O)Cc2cnccn2)cc1. The summed E-state index contributed by atoms with van der Waals surface area (Å²) in [5, 5.41) is 0. The molecule has 1 aromatic carbocycles. The van der Waals surface area contributed by atoms with Crippen LogP contribution in [0.1, 0.15) is 41.4 Å². The topological polar surface area (TPSA) is 42.9 Å². The minimum Gasteiger partial charge on any atom is -0.294 e. The van der Waals surface area contributed by atoms with Crippen LogP contribution in [0.5, 0.6) is 0 Å². The molecule has 0 unspecified atom stereocenters. The number of ketones is 1. The fourth-order valence-electron chi connectivity index (χ4n) is 1.74. The van der Waals surface area contributed by atoms with Crippen LogP contribution in [0, 0.1) is 0 Å². The standard InChI is InChI=1S/C15H16N2O/c1-11(2)12-3-5-13(6-4-12)15(18)9-14-10-16-7-8-17-14/h3-8,10-11H,9H2,1-2H3. The van der Waals surface area contributed by atoms with Gasteiger partial charge in [-0.3, -0.25) is 14.8 Å². The van der Waals surface area contributed by atoms with Crippen LogP contribution >= 0.6 is 0 Å². The molecule has 1 aromatic heterocycles. The fraction of sp³-hybridized carbons (Fsp3) is 0.267. The summed E-state index contributed by atoms with van der Waals surface area (Å²) < 4.78 is 0. The molecule has 3 heteroatoms. The van der Waals surface area contributed by atoms with Gasteiger partial charge < -0.3 is 0 Å². The lowest BCUT2D eigenvalue weighted by Crippen LogP contribution is -2.05. The third-order valence-corrected chi connectivity index (χ3v) is 2.86. The molecule has 2 aromatic rings. The highest BCUT2D eigenvalue weighted by Gasteiger charge is 2.08. The van der Waals surface area contributed by atoms with E-state index in [-0.39, 0.29) is 5.78 Å². The Kier molecular flexibility index (Phi) is 3.82. The van der Waals surface area contributed by atoms with Crippen molar-refractivity contribution in [2.75, 3.05) is 0 Å². The number of aromatic nitrogens is 2. The highest BCUT2D eigenvalue weighted by atomic mass is 16.1. The Morgan fingerprint density at radius 1 is 1.17 bits per heavy atom. The van der Waals surface area contributed by atoms with Gasteiger partial charge in [0.05, 0.1) is 12.1 Å². The predicted molar refractivity (Wildman–Crippen MR) is 70.6 cm³/mol. The average Bonchev–Trinajstić information content (AvgIpc) is 2.40. The van der Waals surface area contributed by atoms with Gasteiger partial charge >= 0.3 is 0 Å². The van der Waals surface area contributed by atoms with E-state index in [1.54, 1.807) is 18.6 Å². The van der Waals surface area contributed by atoms with Crippen LogP contribution in [0.4, 0.5) is 0 Å². The molecule has 3 nitrogen and oxygen atoms in total. The average molecular weight is 240 g/mol. The van der Waals surface area contributed by atoms with Gasteiger partial charge in [-0.2, -0.15) is 0 Å². The number of carbonyl (C=O) groups is 1. The number of hydrogen-bond donors (Lipinski definition) is 0. The molecular formula is C15H16N2O. The molecule has 1 heterocycles. The maximum Gasteiger partial charge on any atom is 0.168 e. The minimum absolute atomic E-state index is 0.0748. The molecule has 0 spiro atoms. The minimum atomic E-state index is 0.0748. The van der Waals surface area contributed by atoms with Crippen LogP contribution in [0.25, 0.3) is 0 Å². The third-order valence-electron chi connectivity index (χ3n) is 2.86. The first-order chi connectivity index (χ1) is 8.66. The summed E-state index contributed by atoms with van der Waals surface area (Å²) in [7, 11) is 0. The summed E-state index contributed by atoms with van der Waals surface area (Å²) in [5.74, 6) is 0.556. The van der Waals surface area contributed by atoms with E-state index in [0.29, 0.717) is 18.0 Å². The van der Waals surface area contributed by atoms with Crippen molar-refractivity contribution in [3.63, 3.8) is 0 Å². The van der Waals surface area contributed by atoms with E-state index in [9.17, 15) is 4.79 Å².